The molecule has 1 unspecified atom stereocenters. The van der Waals surface area contributed by atoms with Gasteiger partial charge in [-0.15, -0.1) is 0 Å². The van der Waals surface area contributed by atoms with E-state index in [1.54, 1.807) is 12.2 Å². The number of rotatable bonds is 3. The van der Waals surface area contributed by atoms with Crippen LogP contribution in [-0.4, -0.2) is 16.0 Å². The van der Waals surface area contributed by atoms with Crippen molar-refractivity contribution in [3.8, 4) is 11.1 Å². The Bertz CT molecular complexity index is 726. The zero-order valence-corrected chi connectivity index (χ0v) is 13.4. The second-order valence-electron chi connectivity index (χ2n) is 5.77. The molecule has 0 N–H and O–H groups in total. The Morgan fingerprint density at radius 3 is 2.59 bits per heavy atom. The number of benzene rings is 1. The molecule has 1 aromatic heterocycles. The Hall–Kier alpha value is -1.87. The highest BCUT2D eigenvalue weighted by molar-refractivity contribution is 6.30. The first-order valence-corrected chi connectivity index (χ1v) is 7.80. The smallest absolute Gasteiger partial charge is 0.122 e. The van der Waals surface area contributed by atoms with Gasteiger partial charge in [0.15, 0.2) is 0 Å². The Morgan fingerprint density at radius 1 is 1.27 bits per heavy atom. The molecule has 2 nitrogen and oxygen atoms in total. The fourth-order valence-corrected chi connectivity index (χ4v) is 2.68. The number of halogens is 2. The highest BCUT2D eigenvalue weighted by Gasteiger charge is 2.16. The molecule has 0 saturated carbocycles. The lowest BCUT2D eigenvalue weighted by Crippen LogP contribution is -2.04. The van der Waals surface area contributed by atoms with Crippen molar-refractivity contribution in [1.82, 2.24) is 9.78 Å². The van der Waals surface area contributed by atoms with E-state index in [1.807, 2.05) is 41.2 Å². The molecular formula is C18H18ClFN2. The van der Waals surface area contributed by atoms with Gasteiger partial charge in [0.1, 0.15) is 6.17 Å². The van der Waals surface area contributed by atoms with Crippen LogP contribution in [0.3, 0.4) is 0 Å². The average molecular weight is 317 g/mol. The van der Waals surface area contributed by atoms with Gasteiger partial charge in [0.2, 0.25) is 0 Å². The van der Waals surface area contributed by atoms with Crippen molar-refractivity contribution in [3.63, 3.8) is 0 Å². The van der Waals surface area contributed by atoms with Crippen LogP contribution in [0.15, 0.2) is 48.7 Å². The number of hydrogen-bond acceptors (Lipinski definition) is 1. The maximum Gasteiger partial charge on any atom is 0.122 e. The quantitative estimate of drug-likeness (QED) is 0.734. The van der Waals surface area contributed by atoms with E-state index in [-0.39, 0.29) is 0 Å². The van der Waals surface area contributed by atoms with Gasteiger partial charge >= 0.3 is 0 Å². The van der Waals surface area contributed by atoms with Crippen molar-refractivity contribution in [2.24, 2.45) is 0 Å². The molecule has 1 aliphatic rings. The van der Waals surface area contributed by atoms with Gasteiger partial charge in [-0.05, 0) is 35.8 Å². The van der Waals surface area contributed by atoms with Gasteiger partial charge in [0.25, 0.3) is 0 Å². The van der Waals surface area contributed by atoms with Crippen LogP contribution >= 0.6 is 11.6 Å². The summed E-state index contributed by atoms with van der Waals surface area (Å²) in [5.74, 6) is 0.300. The maximum absolute atomic E-state index is 13.2. The molecule has 1 aliphatic carbocycles. The molecule has 0 amide bonds. The minimum Gasteiger partial charge on any atom is -0.243 e. The van der Waals surface area contributed by atoms with E-state index in [0.717, 1.165) is 22.5 Å². The van der Waals surface area contributed by atoms with E-state index in [4.69, 9.17) is 16.7 Å². The van der Waals surface area contributed by atoms with Crippen molar-refractivity contribution in [3.05, 3.63) is 59.4 Å². The number of alkyl halides is 1. The summed E-state index contributed by atoms with van der Waals surface area (Å²) < 4.78 is 15.0. The normalized spacial score (nSPS) is 17.9. The lowest BCUT2D eigenvalue weighted by atomic mass is 10.0. The van der Waals surface area contributed by atoms with E-state index in [0.29, 0.717) is 17.4 Å². The molecule has 0 aliphatic heterocycles. The molecule has 0 spiro atoms. The highest BCUT2D eigenvalue weighted by Crippen LogP contribution is 2.31. The van der Waals surface area contributed by atoms with Crippen molar-refractivity contribution in [2.75, 3.05) is 0 Å². The van der Waals surface area contributed by atoms with E-state index in [2.05, 4.69) is 13.8 Å². The average Bonchev–Trinajstić information content (AvgIpc) is 2.94. The summed E-state index contributed by atoms with van der Waals surface area (Å²) in [6, 6.07) is 7.76. The second kappa shape index (κ2) is 6.09. The summed E-state index contributed by atoms with van der Waals surface area (Å²) in [5.41, 5.74) is 4.11. The number of allylic oxidation sites excluding steroid dienone is 4. The molecule has 2 aromatic rings. The SMILES string of the molecule is CC(C)c1nn(C2=CCC(F)C=C2)cc1-c1ccc(Cl)cc1. The van der Waals surface area contributed by atoms with Gasteiger partial charge in [-0.1, -0.05) is 43.7 Å². The van der Waals surface area contributed by atoms with Gasteiger partial charge in [0.05, 0.1) is 11.4 Å². The van der Waals surface area contributed by atoms with Crippen LogP contribution in [0.5, 0.6) is 0 Å². The van der Waals surface area contributed by atoms with Crippen molar-refractivity contribution in [2.45, 2.75) is 32.4 Å². The van der Waals surface area contributed by atoms with Gasteiger partial charge in [-0.3, -0.25) is 0 Å². The monoisotopic (exact) mass is 316 g/mol. The fourth-order valence-electron chi connectivity index (χ4n) is 2.55. The van der Waals surface area contributed by atoms with Crippen molar-refractivity contribution < 1.29 is 4.39 Å². The third kappa shape index (κ3) is 3.00. The third-order valence-electron chi connectivity index (χ3n) is 3.74. The fraction of sp³-hybridized carbons (Fsp3) is 0.278. The van der Waals surface area contributed by atoms with Crippen molar-refractivity contribution >= 4 is 17.3 Å². The molecule has 4 heteroatoms. The van der Waals surface area contributed by atoms with Crippen LogP contribution in [0.1, 0.15) is 31.9 Å². The van der Waals surface area contributed by atoms with E-state index < -0.39 is 6.17 Å². The number of nitrogens with zero attached hydrogens (tertiary/aromatic N) is 2. The summed E-state index contributed by atoms with van der Waals surface area (Å²) in [6.45, 7) is 4.24. The first-order valence-electron chi connectivity index (χ1n) is 7.43. The Kier molecular flexibility index (Phi) is 4.16. The van der Waals surface area contributed by atoms with E-state index >= 15 is 0 Å². The Balaban J connectivity index is 2.03. The molecular weight excluding hydrogens is 299 g/mol. The van der Waals surface area contributed by atoms with Crippen LogP contribution in [0.2, 0.25) is 5.02 Å². The Labute approximate surface area is 134 Å². The summed E-state index contributed by atoms with van der Waals surface area (Å²) in [4.78, 5) is 0. The standard InChI is InChI=1S/C18H18ClFN2/c1-12(2)18-17(13-3-5-14(19)6-4-13)11-22(21-18)16-9-7-15(20)8-10-16/h3-7,9-12,15H,8H2,1-2H3. The largest absolute Gasteiger partial charge is 0.243 e. The summed E-state index contributed by atoms with van der Waals surface area (Å²) in [5, 5.41) is 5.42. The molecule has 0 bridgehead atoms. The second-order valence-corrected chi connectivity index (χ2v) is 6.21. The van der Waals surface area contributed by atoms with Gasteiger partial charge in [0, 0.05) is 23.2 Å². The van der Waals surface area contributed by atoms with Gasteiger partial charge in [-0.25, -0.2) is 9.07 Å². The zero-order valence-electron chi connectivity index (χ0n) is 12.6. The number of hydrogen-bond donors (Lipinski definition) is 0. The van der Waals surface area contributed by atoms with Crippen LogP contribution in [0.4, 0.5) is 4.39 Å². The van der Waals surface area contributed by atoms with Crippen LogP contribution in [-0.2, 0) is 0 Å². The van der Waals surface area contributed by atoms with E-state index in [1.165, 1.54) is 0 Å². The predicted molar refractivity (Wildman–Crippen MR) is 89.7 cm³/mol. The predicted octanol–water partition coefficient (Wildman–Crippen LogP) is 5.47. The Morgan fingerprint density at radius 2 is 2.00 bits per heavy atom. The molecule has 114 valence electrons. The topological polar surface area (TPSA) is 17.8 Å². The minimum atomic E-state index is -0.889. The first-order chi connectivity index (χ1) is 10.5. The number of aromatic nitrogens is 2. The summed E-state index contributed by atoms with van der Waals surface area (Å²) in [7, 11) is 0. The van der Waals surface area contributed by atoms with E-state index in [9.17, 15) is 4.39 Å². The van der Waals surface area contributed by atoms with Crippen LogP contribution in [0.25, 0.3) is 16.8 Å². The lowest BCUT2D eigenvalue weighted by molar-refractivity contribution is 0.401. The molecule has 0 fully saturated rings. The minimum absolute atomic E-state index is 0.300. The lowest BCUT2D eigenvalue weighted by Gasteiger charge is -2.09. The van der Waals surface area contributed by atoms with Gasteiger partial charge < -0.3 is 0 Å². The van der Waals surface area contributed by atoms with Crippen LogP contribution < -0.4 is 0 Å². The maximum atomic E-state index is 13.2. The molecule has 3 rings (SSSR count). The molecule has 22 heavy (non-hydrogen) atoms. The highest BCUT2D eigenvalue weighted by atomic mass is 35.5. The molecule has 1 heterocycles. The van der Waals surface area contributed by atoms with Crippen LogP contribution in [0, 0.1) is 0 Å². The molecule has 1 atom stereocenters. The summed E-state index contributed by atoms with van der Waals surface area (Å²) >= 11 is 5.97. The third-order valence-corrected chi connectivity index (χ3v) is 3.99. The van der Waals surface area contributed by atoms with Gasteiger partial charge in [-0.2, -0.15) is 5.10 Å². The van der Waals surface area contributed by atoms with Crippen molar-refractivity contribution in [1.29, 1.82) is 0 Å². The molecule has 0 radical (unpaired) electrons. The molecule has 0 saturated heterocycles. The zero-order chi connectivity index (χ0) is 15.7. The first kappa shape index (κ1) is 15.0. The molecule has 1 aromatic carbocycles. The summed E-state index contributed by atoms with van der Waals surface area (Å²) in [6.07, 6.45) is 6.77.